The van der Waals surface area contributed by atoms with Crippen LogP contribution in [0, 0.1) is 6.92 Å². The van der Waals surface area contributed by atoms with Crippen molar-refractivity contribution in [3.05, 3.63) is 46.7 Å². The summed E-state index contributed by atoms with van der Waals surface area (Å²) in [6, 6.07) is 9.30. The molecule has 1 amide bonds. The fraction of sp³-hybridized carbons (Fsp3) is 0.231. The minimum atomic E-state index is -0.101. The number of carbonyl (C=O) groups excluding carboxylic acids is 1. The molecule has 0 saturated carbocycles. The van der Waals surface area contributed by atoms with Crippen LogP contribution in [-0.4, -0.2) is 16.8 Å². The molecule has 1 aliphatic rings. The highest BCUT2D eigenvalue weighted by atomic mass is 35.5. The Morgan fingerprint density at radius 1 is 1.47 bits per heavy atom. The van der Waals surface area contributed by atoms with Crippen molar-refractivity contribution in [1.82, 2.24) is 5.16 Å². The van der Waals surface area contributed by atoms with E-state index in [1.54, 1.807) is 29.7 Å². The third-order valence-electron chi connectivity index (χ3n) is 2.86. The molecule has 1 atom stereocenters. The summed E-state index contributed by atoms with van der Waals surface area (Å²) in [6.07, 6.45) is 0. The quantitative estimate of drug-likeness (QED) is 0.851. The molecular formula is C13H11ClN2O2S. The molecule has 3 rings (SSSR count). The Kier molecular flexibility index (Phi) is 3.24. The van der Waals surface area contributed by atoms with Gasteiger partial charge in [0.1, 0.15) is 11.1 Å². The van der Waals surface area contributed by atoms with Gasteiger partial charge in [0.05, 0.1) is 5.75 Å². The number of hydrogen-bond donors (Lipinski definition) is 0. The Bertz CT molecular complexity index is 629. The normalized spacial score (nSPS) is 19.2. The van der Waals surface area contributed by atoms with E-state index in [4.69, 9.17) is 16.1 Å². The number of aromatic nitrogens is 1. The lowest BCUT2D eigenvalue weighted by Crippen LogP contribution is -2.28. The van der Waals surface area contributed by atoms with E-state index in [1.807, 2.05) is 24.3 Å². The largest absolute Gasteiger partial charge is 0.360 e. The number of halogens is 1. The number of thioether (sulfide) groups is 1. The first-order valence-electron chi connectivity index (χ1n) is 5.77. The summed E-state index contributed by atoms with van der Waals surface area (Å²) in [5.41, 5.74) is 0.990. The minimum absolute atomic E-state index is 0.0308. The van der Waals surface area contributed by atoms with Crippen LogP contribution in [0.3, 0.4) is 0 Å². The third-order valence-corrected chi connectivity index (χ3v) is 4.31. The average Bonchev–Trinajstić information content (AvgIpc) is 2.95. The lowest BCUT2D eigenvalue weighted by molar-refractivity contribution is -0.115. The number of anilines is 1. The summed E-state index contributed by atoms with van der Waals surface area (Å²) >= 11 is 7.57. The van der Waals surface area contributed by atoms with Crippen molar-refractivity contribution in [3.8, 4) is 0 Å². The monoisotopic (exact) mass is 294 g/mol. The van der Waals surface area contributed by atoms with Crippen molar-refractivity contribution in [2.75, 3.05) is 10.7 Å². The van der Waals surface area contributed by atoms with E-state index in [0.717, 1.165) is 5.56 Å². The Morgan fingerprint density at radius 2 is 2.32 bits per heavy atom. The highest BCUT2D eigenvalue weighted by molar-refractivity contribution is 8.00. The third kappa shape index (κ3) is 2.35. The molecular weight excluding hydrogens is 284 g/mol. The van der Waals surface area contributed by atoms with Crippen LogP contribution in [0.1, 0.15) is 16.7 Å². The highest BCUT2D eigenvalue weighted by Crippen LogP contribution is 2.41. The highest BCUT2D eigenvalue weighted by Gasteiger charge is 2.35. The van der Waals surface area contributed by atoms with Crippen molar-refractivity contribution in [1.29, 1.82) is 0 Å². The van der Waals surface area contributed by atoms with Gasteiger partial charge in [-0.15, -0.1) is 11.8 Å². The predicted molar refractivity (Wildman–Crippen MR) is 75.4 cm³/mol. The zero-order valence-corrected chi connectivity index (χ0v) is 11.7. The van der Waals surface area contributed by atoms with Gasteiger partial charge in [0.2, 0.25) is 5.91 Å². The van der Waals surface area contributed by atoms with Crippen LogP contribution in [0.4, 0.5) is 5.82 Å². The minimum Gasteiger partial charge on any atom is -0.360 e. The second-order valence-corrected chi connectivity index (χ2v) is 5.78. The molecule has 0 aliphatic carbocycles. The average molecular weight is 295 g/mol. The van der Waals surface area contributed by atoms with Gasteiger partial charge in [-0.25, -0.2) is 0 Å². The van der Waals surface area contributed by atoms with Crippen molar-refractivity contribution in [3.63, 3.8) is 0 Å². The number of hydrogen-bond acceptors (Lipinski definition) is 4. The van der Waals surface area contributed by atoms with Crippen LogP contribution in [-0.2, 0) is 4.79 Å². The van der Waals surface area contributed by atoms with Gasteiger partial charge in [-0.3, -0.25) is 9.69 Å². The van der Waals surface area contributed by atoms with E-state index in [2.05, 4.69) is 5.16 Å². The lowest BCUT2D eigenvalue weighted by Gasteiger charge is -2.21. The second kappa shape index (κ2) is 4.90. The van der Waals surface area contributed by atoms with Gasteiger partial charge in [0.15, 0.2) is 5.82 Å². The fourth-order valence-electron chi connectivity index (χ4n) is 2.05. The standard InChI is InChI=1S/C13H11ClN2O2S/c1-8-5-11(15-18-8)16-12(17)7-19-13(16)9-3-2-4-10(14)6-9/h2-6,13H,7H2,1H3/t13-/m1/s1. The van der Waals surface area contributed by atoms with E-state index in [-0.39, 0.29) is 11.3 Å². The molecule has 0 spiro atoms. The van der Waals surface area contributed by atoms with Gasteiger partial charge in [-0.1, -0.05) is 28.9 Å². The molecule has 1 aliphatic heterocycles. The Morgan fingerprint density at radius 3 is 3.00 bits per heavy atom. The van der Waals surface area contributed by atoms with Crippen LogP contribution in [0.15, 0.2) is 34.9 Å². The van der Waals surface area contributed by atoms with E-state index >= 15 is 0 Å². The SMILES string of the molecule is Cc1cc(N2C(=O)CS[C@@H]2c2cccc(Cl)c2)no1. The van der Waals surface area contributed by atoms with Crippen LogP contribution in [0.25, 0.3) is 0 Å². The number of aryl methyl sites for hydroxylation is 1. The molecule has 1 aromatic carbocycles. The maximum absolute atomic E-state index is 12.0. The molecule has 2 aromatic rings. The fourth-order valence-corrected chi connectivity index (χ4v) is 3.40. The second-order valence-electron chi connectivity index (χ2n) is 4.28. The first-order chi connectivity index (χ1) is 9.15. The van der Waals surface area contributed by atoms with Gasteiger partial charge in [0, 0.05) is 11.1 Å². The smallest absolute Gasteiger partial charge is 0.239 e. The molecule has 98 valence electrons. The summed E-state index contributed by atoms with van der Waals surface area (Å²) in [5.74, 6) is 1.70. The Balaban J connectivity index is 1.99. The van der Waals surface area contributed by atoms with Crippen molar-refractivity contribution < 1.29 is 9.32 Å². The zero-order chi connectivity index (χ0) is 13.4. The van der Waals surface area contributed by atoms with Crippen LogP contribution >= 0.6 is 23.4 Å². The van der Waals surface area contributed by atoms with Crippen molar-refractivity contribution in [2.24, 2.45) is 0 Å². The molecule has 0 bridgehead atoms. The number of rotatable bonds is 2. The summed E-state index contributed by atoms with van der Waals surface area (Å²) in [4.78, 5) is 13.7. The maximum atomic E-state index is 12.0. The van der Waals surface area contributed by atoms with E-state index in [1.165, 1.54) is 0 Å². The van der Waals surface area contributed by atoms with Crippen LogP contribution in [0.5, 0.6) is 0 Å². The van der Waals surface area contributed by atoms with Gasteiger partial charge in [-0.2, -0.15) is 0 Å². The van der Waals surface area contributed by atoms with Crippen molar-refractivity contribution in [2.45, 2.75) is 12.3 Å². The summed E-state index contributed by atoms with van der Waals surface area (Å²) in [5, 5.41) is 4.49. The number of amides is 1. The van der Waals surface area contributed by atoms with Gasteiger partial charge in [-0.05, 0) is 24.6 Å². The summed E-state index contributed by atoms with van der Waals surface area (Å²) in [7, 11) is 0. The Labute approximate surface area is 119 Å². The number of nitrogens with zero attached hydrogens (tertiary/aromatic N) is 2. The maximum Gasteiger partial charge on any atom is 0.239 e. The molecule has 2 heterocycles. The predicted octanol–water partition coefficient (Wildman–Crippen LogP) is 3.42. The number of benzene rings is 1. The Hall–Kier alpha value is -1.46. The molecule has 1 fully saturated rings. The molecule has 1 saturated heterocycles. The van der Waals surface area contributed by atoms with E-state index < -0.39 is 0 Å². The van der Waals surface area contributed by atoms with Crippen molar-refractivity contribution >= 4 is 35.1 Å². The lowest BCUT2D eigenvalue weighted by atomic mass is 10.2. The van der Waals surface area contributed by atoms with E-state index in [9.17, 15) is 4.79 Å². The molecule has 19 heavy (non-hydrogen) atoms. The van der Waals surface area contributed by atoms with Crippen LogP contribution in [0.2, 0.25) is 5.02 Å². The molecule has 0 unspecified atom stereocenters. The molecule has 4 nitrogen and oxygen atoms in total. The summed E-state index contributed by atoms with van der Waals surface area (Å²) < 4.78 is 5.05. The number of carbonyl (C=O) groups is 1. The van der Waals surface area contributed by atoms with Gasteiger partial charge < -0.3 is 4.52 Å². The molecule has 1 aromatic heterocycles. The van der Waals surface area contributed by atoms with E-state index in [0.29, 0.717) is 22.4 Å². The molecule has 6 heteroatoms. The van der Waals surface area contributed by atoms with Gasteiger partial charge >= 0.3 is 0 Å². The first-order valence-corrected chi connectivity index (χ1v) is 7.20. The summed E-state index contributed by atoms with van der Waals surface area (Å²) in [6.45, 7) is 1.80. The van der Waals surface area contributed by atoms with Gasteiger partial charge in [0.25, 0.3) is 0 Å². The zero-order valence-electron chi connectivity index (χ0n) is 10.2. The first kappa shape index (κ1) is 12.6. The topological polar surface area (TPSA) is 46.3 Å². The molecule has 0 radical (unpaired) electrons. The van der Waals surface area contributed by atoms with Crippen LogP contribution < -0.4 is 4.90 Å². The molecule has 0 N–H and O–H groups in total.